The Kier molecular flexibility index (Phi) is 5.14. The van der Waals surface area contributed by atoms with E-state index in [-0.39, 0.29) is 5.57 Å². The molecule has 20 heavy (non-hydrogen) atoms. The lowest BCUT2D eigenvalue weighted by Gasteiger charge is -2.14. The quantitative estimate of drug-likeness (QED) is 0.522. The van der Waals surface area contributed by atoms with Gasteiger partial charge in [-0.05, 0) is 49.1 Å². The van der Waals surface area contributed by atoms with Crippen LogP contribution in [-0.2, 0) is 9.59 Å². The number of hydrogen-bond donors (Lipinski definition) is 1. The zero-order valence-corrected chi connectivity index (χ0v) is 12.6. The number of furan rings is 1. The van der Waals surface area contributed by atoms with Crippen molar-refractivity contribution >= 4 is 41.4 Å². The first-order valence-corrected chi connectivity index (χ1v) is 8.07. The molecule has 2 heterocycles. The highest BCUT2D eigenvalue weighted by Crippen LogP contribution is 2.37. The molecular weight excluding hydrogens is 296 g/mol. The van der Waals surface area contributed by atoms with Crippen LogP contribution in [0.5, 0.6) is 0 Å². The molecule has 6 heteroatoms. The van der Waals surface area contributed by atoms with Crippen molar-refractivity contribution in [2.75, 3.05) is 11.5 Å². The van der Waals surface area contributed by atoms with Gasteiger partial charge in [-0.1, -0.05) is 0 Å². The Morgan fingerprint density at radius 3 is 2.55 bits per heavy atom. The monoisotopic (exact) mass is 310 g/mol. The molecule has 0 radical (unpaired) electrons. The van der Waals surface area contributed by atoms with Gasteiger partial charge in [0.05, 0.1) is 4.24 Å². The first-order chi connectivity index (χ1) is 9.58. The van der Waals surface area contributed by atoms with E-state index in [1.54, 1.807) is 19.1 Å². The second kappa shape index (κ2) is 6.85. The molecule has 1 aliphatic rings. The highest BCUT2D eigenvalue weighted by molar-refractivity contribution is 8.22. The van der Waals surface area contributed by atoms with E-state index >= 15 is 0 Å². The zero-order valence-electron chi connectivity index (χ0n) is 10.9. The van der Waals surface area contributed by atoms with Gasteiger partial charge in [-0.3, -0.25) is 4.79 Å². The Morgan fingerprint density at radius 2 is 2.00 bits per heavy atom. The minimum absolute atomic E-state index is 0.140. The van der Waals surface area contributed by atoms with Crippen LogP contribution < -0.4 is 0 Å². The zero-order chi connectivity index (χ0) is 14.5. The summed E-state index contributed by atoms with van der Waals surface area (Å²) < 4.78 is 5.91. The highest BCUT2D eigenvalue weighted by atomic mass is 32.2. The molecule has 2 rings (SSSR count). The summed E-state index contributed by atoms with van der Waals surface area (Å²) in [6, 6.07) is 3.52. The van der Waals surface area contributed by atoms with E-state index in [1.807, 2.05) is 0 Å². The van der Waals surface area contributed by atoms with E-state index < -0.39 is 11.8 Å². The number of carbonyl (C=O) groups is 2. The van der Waals surface area contributed by atoms with Gasteiger partial charge in [-0.15, -0.1) is 23.5 Å². The van der Waals surface area contributed by atoms with Gasteiger partial charge < -0.3 is 9.52 Å². The van der Waals surface area contributed by atoms with Crippen LogP contribution in [0.15, 0.2) is 32.4 Å². The molecule has 0 atom stereocenters. The standard InChI is InChI=1S/C14H14O4S2/c1-9-3-4-10(18-9)5-6-11(15)12(13(16)17)14-19-7-2-8-20-14/h3-6H,2,7-8H2,1H3,(H,16,17)/b6-5+. The van der Waals surface area contributed by atoms with Crippen molar-refractivity contribution in [1.29, 1.82) is 0 Å². The van der Waals surface area contributed by atoms with E-state index in [9.17, 15) is 14.7 Å². The molecular formula is C14H14O4S2. The van der Waals surface area contributed by atoms with Crippen LogP contribution in [-0.4, -0.2) is 28.4 Å². The number of aryl methyl sites for hydroxylation is 1. The Balaban J connectivity index is 2.19. The maximum Gasteiger partial charge on any atom is 0.341 e. The van der Waals surface area contributed by atoms with Crippen LogP contribution in [0.4, 0.5) is 0 Å². The predicted molar refractivity (Wildman–Crippen MR) is 81.7 cm³/mol. The van der Waals surface area contributed by atoms with Gasteiger partial charge in [0.2, 0.25) is 0 Å². The van der Waals surface area contributed by atoms with Gasteiger partial charge in [0.25, 0.3) is 0 Å². The van der Waals surface area contributed by atoms with Crippen molar-refractivity contribution in [2.24, 2.45) is 0 Å². The number of aliphatic carboxylic acids is 1. The molecule has 0 aliphatic carbocycles. The first-order valence-electron chi connectivity index (χ1n) is 6.10. The fourth-order valence-electron chi connectivity index (χ4n) is 1.65. The maximum atomic E-state index is 12.1. The SMILES string of the molecule is Cc1ccc(/C=C/C(=O)C(C(=O)O)=C2SCCCS2)o1. The second-order valence-electron chi connectivity index (χ2n) is 4.16. The number of carboxylic acid groups (broad SMARTS) is 1. The summed E-state index contributed by atoms with van der Waals surface area (Å²) in [7, 11) is 0. The van der Waals surface area contributed by atoms with Crippen LogP contribution in [0, 0.1) is 6.92 Å². The van der Waals surface area contributed by atoms with Crippen molar-refractivity contribution in [3.8, 4) is 0 Å². The van der Waals surface area contributed by atoms with Crippen molar-refractivity contribution in [1.82, 2.24) is 0 Å². The number of hydrogen-bond acceptors (Lipinski definition) is 5. The molecule has 1 N–H and O–H groups in total. The van der Waals surface area contributed by atoms with E-state index in [1.165, 1.54) is 35.7 Å². The minimum atomic E-state index is -1.17. The van der Waals surface area contributed by atoms with Crippen LogP contribution in [0.3, 0.4) is 0 Å². The molecule has 4 nitrogen and oxygen atoms in total. The van der Waals surface area contributed by atoms with Gasteiger partial charge in [0.15, 0.2) is 5.78 Å². The molecule has 1 saturated heterocycles. The van der Waals surface area contributed by atoms with Crippen molar-refractivity contribution in [3.63, 3.8) is 0 Å². The Bertz CT molecular complexity index is 576. The van der Waals surface area contributed by atoms with Crippen molar-refractivity contribution in [2.45, 2.75) is 13.3 Å². The van der Waals surface area contributed by atoms with Gasteiger partial charge in [-0.2, -0.15) is 0 Å². The number of carbonyl (C=O) groups excluding carboxylic acids is 1. The molecule has 106 valence electrons. The maximum absolute atomic E-state index is 12.1. The summed E-state index contributed by atoms with van der Waals surface area (Å²) in [4.78, 5) is 23.4. The third-order valence-electron chi connectivity index (χ3n) is 2.58. The second-order valence-corrected chi connectivity index (χ2v) is 6.63. The summed E-state index contributed by atoms with van der Waals surface area (Å²) in [5.41, 5.74) is -0.140. The van der Waals surface area contributed by atoms with Gasteiger partial charge in [0, 0.05) is 0 Å². The van der Waals surface area contributed by atoms with Gasteiger partial charge >= 0.3 is 5.97 Å². The molecule has 0 amide bonds. The first kappa shape index (κ1) is 15.0. The van der Waals surface area contributed by atoms with Crippen LogP contribution in [0.1, 0.15) is 17.9 Å². The lowest BCUT2D eigenvalue weighted by atomic mass is 10.2. The smallest absolute Gasteiger partial charge is 0.341 e. The number of carboxylic acids is 1. The van der Waals surface area contributed by atoms with Crippen LogP contribution in [0.2, 0.25) is 0 Å². The summed E-state index contributed by atoms with van der Waals surface area (Å²) in [6.45, 7) is 1.80. The number of allylic oxidation sites excluding steroid dienone is 1. The molecule has 0 bridgehead atoms. The Hall–Kier alpha value is -1.40. The van der Waals surface area contributed by atoms with Crippen molar-refractivity contribution < 1.29 is 19.1 Å². The average molecular weight is 310 g/mol. The van der Waals surface area contributed by atoms with E-state index in [4.69, 9.17) is 4.42 Å². The average Bonchev–Trinajstić information content (AvgIpc) is 2.83. The molecule has 1 aliphatic heterocycles. The third-order valence-corrected chi connectivity index (χ3v) is 5.20. The lowest BCUT2D eigenvalue weighted by Crippen LogP contribution is -2.13. The minimum Gasteiger partial charge on any atom is -0.477 e. The Labute approximate surface area is 125 Å². The van der Waals surface area contributed by atoms with Crippen LogP contribution >= 0.6 is 23.5 Å². The molecule has 0 spiro atoms. The summed E-state index contributed by atoms with van der Waals surface area (Å²) in [5, 5.41) is 9.23. The summed E-state index contributed by atoms with van der Waals surface area (Å²) in [5.74, 6) is 1.32. The highest BCUT2D eigenvalue weighted by Gasteiger charge is 2.23. The van der Waals surface area contributed by atoms with E-state index in [2.05, 4.69) is 0 Å². The number of ketones is 1. The van der Waals surface area contributed by atoms with Gasteiger partial charge in [0.1, 0.15) is 17.1 Å². The van der Waals surface area contributed by atoms with Gasteiger partial charge in [-0.25, -0.2) is 4.79 Å². The molecule has 1 fully saturated rings. The lowest BCUT2D eigenvalue weighted by molar-refractivity contribution is -0.134. The predicted octanol–water partition coefficient (Wildman–Crippen LogP) is 3.34. The Morgan fingerprint density at radius 1 is 1.30 bits per heavy atom. The third kappa shape index (κ3) is 3.80. The van der Waals surface area contributed by atoms with E-state index in [0.717, 1.165) is 23.7 Å². The molecule has 1 aromatic rings. The fourth-order valence-corrected chi connectivity index (χ4v) is 4.28. The molecule has 0 aromatic carbocycles. The fraction of sp³-hybridized carbons (Fsp3) is 0.286. The molecule has 1 aromatic heterocycles. The summed E-state index contributed by atoms with van der Waals surface area (Å²) >= 11 is 2.87. The topological polar surface area (TPSA) is 67.5 Å². The normalized spacial score (nSPS) is 15.6. The largest absolute Gasteiger partial charge is 0.477 e. The van der Waals surface area contributed by atoms with Crippen LogP contribution in [0.25, 0.3) is 6.08 Å². The summed E-state index contributed by atoms with van der Waals surface area (Å²) in [6.07, 6.45) is 3.78. The number of rotatable bonds is 4. The van der Waals surface area contributed by atoms with Crippen molar-refractivity contribution in [3.05, 3.63) is 39.5 Å². The molecule has 0 saturated carbocycles. The number of thioether (sulfide) groups is 2. The van der Waals surface area contributed by atoms with E-state index in [0.29, 0.717) is 10.00 Å². The molecule has 0 unspecified atom stereocenters.